The minimum absolute atomic E-state index is 0.0198. The van der Waals surface area contributed by atoms with E-state index in [2.05, 4.69) is 15.6 Å². The number of ketones is 1. The molecule has 46 heavy (non-hydrogen) atoms. The van der Waals surface area contributed by atoms with Crippen molar-refractivity contribution in [1.29, 1.82) is 5.26 Å². The van der Waals surface area contributed by atoms with E-state index < -0.39 is 75.6 Å². The summed E-state index contributed by atoms with van der Waals surface area (Å²) in [6.45, 7) is 10.2. The number of nitrogens with one attached hydrogen (secondary N) is 2. The molecule has 258 valence electrons. The number of rotatable bonds is 18. The van der Waals surface area contributed by atoms with Crippen LogP contribution in [0.1, 0.15) is 73.5 Å². The third-order valence-corrected chi connectivity index (χ3v) is 8.72. The lowest BCUT2D eigenvalue weighted by Crippen LogP contribution is -2.42. The Morgan fingerprint density at radius 3 is 2.43 bits per heavy atom. The van der Waals surface area contributed by atoms with E-state index in [1.54, 1.807) is 0 Å². The van der Waals surface area contributed by atoms with E-state index in [-0.39, 0.29) is 43.9 Å². The van der Waals surface area contributed by atoms with Gasteiger partial charge in [0, 0.05) is 38.2 Å². The molecule has 2 rings (SSSR count). The summed E-state index contributed by atoms with van der Waals surface area (Å²) < 4.78 is 65.4. The number of carbonyl (C=O) groups excluding carboxylic acids is 3. The predicted molar refractivity (Wildman–Crippen MR) is 160 cm³/mol. The molecule has 2 amide bonds. The fraction of sp³-hybridized carbons (Fsp3) is 0.714. The highest BCUT2D eigenvalue weighted by Crippen LogP contribution is 2.50. The van der Waals surface area contributed by atoms with Gasteiger partial charge in [-0.15, -0.1) is 0 Å². The number of halogens is 3. The van der Waals surface area contributed by atoms with Crippen molar-refractivity contribution >= 4 is 31.9 Å². The van der Waals surface area contributed by atoms with Crippen molar-refractivity contribution in [3.05, 3.63) is 22.7 Å². The quantitative estimate of drug-likeness (QED) is 0.172. The fourth-order valence-electron chi connectivity index (χ4n) is 4.66. The van der Waals surface area contributed by atoms with E-state index in [0.29, 0.717) is 6.42 Å². The number of carbonyl (C=O) groups is 3. The average Bonchev–Trinajstić information content (AvgIpc) is 3.29. The number of amides is 2. The van der Waals surface area contributed by atoms with Gasteiger partial charge < -0.3 is 29.2 Å². The van der Waals surface area contributed by atoms with Crippen molar-refractivity contribution in [2.24, 2.45) is 0 Å². The molecule has 1 fully saturated rings. The normalized spacial score (nSPS) is 20.6. The number of nitrogens with zero attached hydrogens (tertiary/aromatic N) is 4. The number of hydrogen-bond donors (Lipinski definition) is 2. The van der Waals surface area contributed by atoms with Gasteiger partial charge in [-0.1, -0.05) is 6.92 Å². The van der Waals surface area contributed by atoms with Crippen LogP contribution in [0.25, 0.3) is 0 Å². The molecule has 0 aliphatic carbocycles. The maximum absolute atomic E-state index is 13.1. The van der Waals surface area contributed by atoms with E-state index in [0.717, 1.165) is 4.57 Å². The molecule has 0 bridgehead atoms. The van der Waals surface area contributed by atoms with Crippen LogP contribution < -0.4 is 16.3 Å². The molecule has 0 saturated carbocycles. The van der Waals surface area contributed by atoms with Crippen LogP contribution >= 0.6 is 8.53 Å². The van der Waals surface area contributed by atoms with Gasteiger partial charge in [-0.05, 0) is 46.6 Å². The number of hydrogen-bond acceptors (Lipinski definition) is 11. The van der Waals surface area contributed by atoms with Crippen LogP contribution in [0.4, 0.5) is 19.0 Å². The molecule has 1 aromatic heterocycles. The maximum atomic E-state index is 13.1. The minimum atomic E-state index is -4.94. The first kappa shape index (κ1) is 39.2. The molecule has 0 spiro atoms. The number of anilines is 1. The van der Waals surface area contributed by atoms with E-state index in [4.69, 9.17) is 23.8 Å². The predicted octanol–water partition coefficient (Wildman–Crippen LogP) is 3.58. The van der Waals surface area contributed by atoms with Gasteiger partial charge in [-0.2, -0.15) is 23.4 Å². The van der Waals surface area contributed by atoms with Crippen LogP contribution in [0.15, 0.2) is 17.1 Å². The molecular formula is C28H42F3N6O8P. The lowest BCUT2D eigenvalue weighted by atomic mass is 10.1. The summed E-state index contributed by atoms with van der Waals surface area (Å²) in [5, 5.41) is 13.9. The molecule has 0 radical (unpaired) electrons. The highest BCUT2D eigenvalue weighted by molar-refractivity contribution is 7.44. The van der Waals surface area contributed by atoms with Gasteiger partial charge in [-0.25, -0.2) is 9.46 Å². The smallest absolute Gasteiger partial charge is 0.361 e. The lowest BCUT2D eigenvalue weighted by Gasteiger charge is -2.38. The second-order valence-corrected chi connectivity index (χ2v) is 12.3. The molecule has 1 saturated heterocycles. The summed E-state index contributed by atoms with van der Waals surface area (Å²) in [7, 11) is -1.80. The molecule has 18 heteroatoms. The first-order chi connectivity index (χ1) is 21.6. The van der Waals surface area contributed by atoms with Crippen LogP contribution in [0.2, 0.25) is 0 Å². The van der Waals surface area contributed by atoms with Gasteiger partial charge in [0.2, 0.25) is 17.6 Å². The standard InChI is InChI=1S/C28H42F3N6O8P/c1-7-20-24(45-46(43-15-9-12-32)37(17(2)3)18(4)5)25(42-16-23(40)33-13-8-10-21(39)28(29,30)31)26(44-20)36-14-11-22(34-19(6)38)35-27(36)41/h11,14,17-18,20,24-26H,7-10,13,15-16H2,1-6H3,(H,33,40)(H,34,35,38,41)/t20-,24?,25+,26-,46?/m1/s1. The zero-order chi connectivity index (χ0) is 34.6. The maximum Gasteiger partial charge on any atom is 0.449 e. The molecule has 1 aliphatic heterocycles. The number of aromatic nitrogens is 2. The van der Waals surface area contributed by atoms with Gasteiger partial charge >= 0.3 is 11.9 Å². The van der Waals surface area contributed by atoms with E-state index in [1.807, 2.05) is 45.4 Å². The largest absolute Gasteiger partial charge is 0.449 e. The molecule has 0 aromatic carbocycles. The zero-order valence-corrected chi connectivity index (χ0v) is 27.6. The third kappa shape index (κ3) is 11.7. The Balaban J connectivity index is 2.37. The first-order valence-corrected chi connectivity index (χ1v) is 16.0. The SMILES string of the molecule is CC[C@H]1O[C@@H](n2ccc(NC(C)=O)nc2=O)[C@@H](OCC(=O)NCCCC(=O)C(F)(F)F)C1OP(OCCC#N)N(C(C)C)C(C)C. The van der Waals surface area contributed by atoms with Crippen molar-refractivity contribution in [3.63, 3.8) is 0 Å². The Kier molecular flexibility index (Phi) is 15.6. The summed E-state index contributed by atoms with van der Waals surface area (Å²) in [5.41, 5.74) is -0.780. The summed E-state index contributed by atoms with van der Waals surface area (Å²) in [4.78, 5) is 52.1. The van der Waals surface area contributed by atoms with E-state index in [1.165, 1.54) is 19.2 Å². The summed E-state index contributed by atoms with van der Waals surface area (Å²) in [6, 6.07) is 3.36. The van der Waals surface area contributed by atoms with Crippen LogP contribution in [0.3, 0.4) is 0 Å². The minimum Gasteiger partial charge on any atom is -0.361 e. The van der Waals surface area contributed by atoms with Crippen molar-refractivity contribution in [2.45, 2.75) is 110 Å². The number of alkyl halides is 3. The van der Waals surface area contributed by atoms with Crippen molar-refractivity contribution in [2.75, 3.05) is 25.1 Å². The summed E-state index contributed by atoms with van der Waals surface area (Å²) in [5.74, 6) is -2.97. The second kappa shape index (κ2) is 18.4. The molecule has 2 heterocycles. The summed E-state index contributed by atoms with van der Waals surface area (Å²) in [6.07, 6.45) is -7.84. The number of ether oxygens (including phenoxy) is 2. The van der Waals surface area contributed by atoms with Crippen molar-refractivity contribution < 1.29 is 46.1 Å². The van der Waals surface area contributed by atoms with Gasteiger partial charge in [-0.3, -0.25) is 19.0 Å². The van der Waals surface area contributed by atoms with Gasteiger partial charge in [0.25, 0.3) is 8.53 Å². The van der Waals surface area contributed by atoms with Crippen LogP contribution in [-0.2, 0) is 32.9 Å². The fourth-order valence-corrected chi connectivity index (χ4v) is 6.43. The van der Waals surface area contributed by atoms with E-state index >= 15 is 0 Å². The van der Waals surface area contributed by atoms with Crippen LogP contribution in [0, 0.1) is 11.3 Å². The third-order valence-electron chi connectivity index (χ3n) is 6.60. The van der Waals surface area contributed by atoms with E-state index in [9.17, 15) is 32.3 Å². The number of Topliss-reactive ketones (excluding diaryl/α,β-unsaturated/α-hetero) is 1. The molecule has 5 atom stereocenters. The first-order valence-electron chi connectivity index (χ1n) is 14.9. The van der Waals surface area contributed by atoms with Crippen molar-refractivity contribution in [3.8, 4) is 6.07 Å². The Morgan fingerprint density at radius 1 is 1.22 bits per heavy atom. The topological polar surface area (TPSA) is 174 Å². The Bertz CT molecular complexity index is 1270. The summed E-state index contributed by atoms with van der Waals surface area (Å²) >= 11 is 0. The second-order valence-electron chi connectivity index (χ2n) is 10.9. The van der Waals surface area contributed by atoms with Gasteiger partial charge in [0.15, 0.2) is 6.23 Å². The highest BCUT2D eigenvalue weighted by Gasteiger charge is 2.49. The molecule has 2 N–H and O–H groups in total. The number of nitriles is 1. The Morgan fingerprint density at radius 2 is 1.89 bits per heavy atom. The monoisotopic (exact) mass is 678 g/mol. The molecular weight excluding hydrogens is 636 g/mol. The molecule has 2 unspecified atom stereocenters. The molecule has 1 aliphatic rings. The molecule has 14 nitrogen and oxygen atoms in total. The van der Waals surface area contributed by atoms with Gasteiger partial charge in [0.05, 0.1) is 25.2 Å². The highest BCUT2D eigenvalue weighted by atomic mass is 31.2. The molecule has 1 aromatic rings. The average molecular weight is 679 g/mol. The Labute approximate surface area is 266 Å². The van der Waals surface area contributed by atoms with Gasteiger partial charge in [0.1, 0.15) is 24.6 Å². The Hall–Kier alpha value is -3.00. The van der Waals surface area contributed by atoms with Crippen LogP contribution in [-0.4, -0.2) is 88.1 Å². The zero-order valence-electron chi connectivity index (χ0n) is 26.7. The van der Waals surface area contributed by atoms with Crippen molar-refractivity contribution in [1.82, 2.24) is 19.5 Å². The van der Waals surface area contributed by atoms with Crippen LogP contribution in [0.5, 0.6) is 0 Å². The lowest BCUT2D eigenvalue weighted by molar-refractivity contribution is -0.171.